The van der Waals surface area contributed by atoms with Crippen LogP contribution >= 0.6 is 24.4 Å². The van der Waals surface area contributed by atoms with Crippen molar-refractivity contribution in [2.75, 3.05) is 6.26 Å². The van der Waals surface area contributed by atoms with Gasteiger partial charge in [0.2, 0.25) is 0 Å². The summed E-state index contributed by atoms with van der Waals surface area (Å²) in [6.45, 7) is 2.29. The second kappa shape index (κ2) is 8.18. The molecule has 0 aliphatic rings. The zero-order valence-electron chi connectivity index (χ0n) is 15.1. The molecule has 1 unspecified atom stereocenters. The van der Waals surface area contributed by atoms with Crippen molar-refractivity contribution < 1.29 is 9.53 Å². The van der Waals surface area contributed by atoms with Gasteiger partial charge in [0.25, 0.3) is 0 Å². The number of fused-ring (bicyclic) bond motifs is 1. The number of hydrogen-bond acceptors (Lipinski definition) is 4. The summed E-state index contributed by atoms with van der Waals surface area (Å²) in [4.78, 5) is 17.1. The second-order valence-electron chi connectivity index (χ2n) is 6.32. The van der Waals surface area contributed by atoms with Crippen LogP contribution in [0.2, 0.25) is 0 Å². The first-order valence-corrected chi connectivity index (χ1v) is 10.1. The number of aromatic nitrogens is 2. The van der Waals surface area contributed by atoms with E-state index in [1.165, 1.54) is 4.90 Å². The molecule has 2 aromatic carbocycles. The van der Waals surface area contributed by atoms with Gasteiger partial charge in [0, 0.05) is 17.9 Å². The fourth-order valence-corrected chi connectivity index (χ4v) is 3.31. The Kier molecular flexibility index (Phi) is 5.94. The van der Waals surface area contributed by atoms with E-state index in [9.17, 15) is 4.79 Å². The van der Waals surface area contributed by atoms with Crippen LogP contribution in [0.4, 0.5) is 0 Å². The molecule has 0 spiro atoms. The third-order valence-corrected chi connectivity index (χ3v) is 5.60. The lowest BCUT2D eigenvalue weighted by atomic mass is 10.0. The van der Waals surface area contributed by atoms with Crippen molar-refractivity contribution in [2.24, 2.45) is 13.0 Å². The number of carbonyl (C=O) groups excluding carboxylic acids is 1. The fourth-order valence-electron chi connectivity index (χ4n) is 2.79. The summed E-state index contributed by atoms with van der Waals surface area (Å²) in [5.74, 6) is 1.59. The quantitative estimate of drug-likeness (QED) is 0.479. The van der Waals surface area contributed by atoms with Gasteiger partial charge in [-0.05, 0) is 48.6 Å². The molecule has 0 fully saturated rings. The lowest BCUT2D eigenvalue weighted by molar-refractivity contribution is -0.113. The maximum atomic E-state index is 11.2. The Hall–Kier alpha value is -1.92. The van der Waals surface area contributed by atoms with E-state index >= 15 is 0 Å². The molecule has 0 saturated heterocycles. The summed E-state index contributed by atoms with van der Waals surface area (Å²) in [5, 5.41) is -0.0863. The van der Waals surface area contributed by atoms with Gasteiger partial charge in [-0.2, -0.15) is 0 Å². The molecule has 136 valence electrons. The van der Waals surface area contributed by atoms with E-state index in [0.29, 0.717) is 13.0 Å². The number of rotatable bonds is 7. The monoisotopic (exact) mass is 386 g/mol. The Morgan fingerprint density at radius 2 is 2.00 bits per heavy atom. The Labute approximate surface area is 163 Å². The highest BCUT2D eigenvalue weighted by atomic mass is 32.2. The zero-order chi connectivity index (χ0) is 18.7. The SMILES string of the molecule is CSc1ccc2nc(COc3ccc(CC(C)C(=O)S)cc3)n(C)c2c1. The number of ether oxygens (including phenoxy) is 1. The summed E-state index contributed by atoms with van der Waals surface area (Å²) in [7, 11) is 2.01. The number of carbonyl (C=O) groups is 1. The average molecular weight is 387 g/mol. The van der Waals surface area contributed by atoms with E-state index in [-0.39, 0.29) is 11.0 Å². The molecule has 1 aromatic heterocycles. The van der Waals surface area contributed by atoms with Crippen molar-refractivity contribution in [1.82, 2.24) is 9.55 Å². The van der Waals surface area contributed by atoms with E-state index in [1.807, 2.05) is 44.3 Å². The maximum absolute atomic E-state index is 11.2. The van der Waals surface area contributed by atoms with Gasteiger partial charge in [0.15, 0.2) is 5.12 Å². The predicted octanol–water partition coefficient (Wildman–Crippen LogP) is 4.51. The van der Waals surface area contributed by atoms with Gasteiger partial charge in [0.1, 0.15) is 18.2 Å². The highest BCUT2D eigenvalue weighted by Crippen LogP contribution is 2.23. The summed E-state index contributed by atoms with van der Waals surface area (Å²) >= 11 is 5.61. The minimum Gasteiger partial charge on any atom is -0.486 e. The molecule has 26 heavy (non-hydrogen) atoms. The number of imidazole rings is 1. The molecular formula is C20H22N2O2S2. The molecule has 4 nitrogen and oxygen atoms in total. The number of thiol groups is 1. The minimum atomic E-state index is -0.0868. The molecule has 1 heterocycles. The van der Waals surface area contributed by atoms with Crippen LogP contribution in [0.1, 0.15) is 18.3 Å². The highest BCUT2D eigenvalue weighted by Gasteiger charge is 2.11. The molecule has 6 heteroatoms. The van der Waals surface area contributed by atoms with Gasteiger partial charge in [0.05, 0.1) is 11.0 Å². The number of thioether (sulfide) groups is 1. The van der Waals surface area contributed by atoms with Crippen molar-refractivity contribution in [3.63, 3.8) is 0 Å². The van der Waals surface area contributed by atoms with Gasteiger partial charge in [-0.3, -0.25) is 4.79 Å². The number of hydrogen-bond donors (Lipinski definition) is 1. The van der Waals surface area contributed by atoms with Crippen molar-refractivity contribution in [3.8, 4) is 5.75 Å². The minimum absolute atomic E-state index is 0.0863. The van der Waals surface area contributed by atoms with Gasteiger partial charge in [-0.25, -0.2) is 4.98 Å². The summed E-state index contributed by atoms with van der Waals surface area (Å²) in [6, 6.07) is 14.1. The lowest BCUT2D eigenvalue weighted by Crippen LogP contribution is -2.07. The van der Waals surface area contributed by atoms with Crippen molar-refractivity contribution in [1.29, 1.82) is 0 Å². The Morgan fingerprint density at radius 1 is 1.27 bits per heavy atom. The van der Waals surface area contributed by atoms with Crippen LogP contribution in [-0.4, -0.2) is 20.9 Å². The fraction of sp³-hybridized carbons (Fsp3) is 0.300. The largest absolute Gasteiger partial charge is 0.486 e. The molecule has 1 atom stereocenters. The summed E-state index contributed by atoms with van der Waals surface area (Å²) in [6.07, 6.45) is 2.75. The van der Waals surface area contributed by atoms with Crippen LogP contribution in [0.5, 0.6) is 5.75 Å². The first kappa shape index (κ1) is 18.9. The highest BCUT2D eigenvalue weighted by molar-refractivity contribution is 7.98. The van der Waals surface area contributed by atoms with E-state index < -0.39 is 0 Å². The predicted molar refractivity (Wildman–Crippen MR) is 110 cm³/mol. The van der Waals surface area contributed by atoms with Crippen molar-refractivity contribution >= 4 is 40.5 Å². The molecule has 0 N–H and O–H groups in total. The van der Waals surface area contributed by atoms with E-state index in [0.717, 1.165) is 28.2 Å². The van der Waals surface area contributed by atoms with Gasteiger partial charge < -0.3 is 9.30 Å². The van der Waals surface area contributed by atoms with Crippen LogP contribution in [0.25, 0.3) is 11.0 Å². The summed E-state index contributed by atoms with van der Waals surface area (Å²) < 4.78 is 7.97. The van der Waals surface area contributed by atoms with E-state index in [4.69, 9.17) is 4.74 Å². The van der Waals surface area contributed by atoms with Gasteiger partial charge in [-0.1, -0.05) is 19.1 Å². The molecule has 0 radical (unpaired) electrons. The molecule has 3 aromatic rings. The Bertz CT molecular complexity index is 919. The zero-order valence-corrected chi connectivity index (χ0v) is 16.8. The smallest absolute Gasteiger partial charge is 0.189 e. The van der Waals surface area contributed by atoms with Crippen LogP contribution in [0.3, 0.4) is 0 Å². The normalized spacial score (nSPS) is 12.3. The maximum Gasteiger partial charge on any atom is 0.189 e. The first-order valence-electron chi connectivity index (χ1n) is 8.42. The van der Waals surface area contributed by atoms with Crippen LogP contribution in [-0.2, 0) is 24.9 Å². The number of benzene rings is 2. The molecule has 0 bridgehead atoms. The first-order chi connectivity index (χ1) is 12.5. The van der Waals surface area contributed by atoms with E-state index in [2.05, 4.69) is 40.6 Å². The third kappa shape index (κ3) is 4.24. The van der Waals surface area contributed by atoms with Crippen LogP contribution in [0, 0.1) is 5.92 Å². The van der Waals surface area contributed by atoms with Crippen LogP contribution in [0.15, 0.2) is 47.4 Å². The Balaban J connectivity index is 1.68. The van der Waals surface area contributed by atoms with Gasteiger partial charge in [-0.15, -0.1) is 24.4 Å². The standard InChI is InChI=1S/C20H22N2O2S2/c1-13(20(23)25)10-14-4-6-15(7-5-14)24-12-19-21-17-9-8-16(26-3)11-18(17)22(19)2/h4-9,11,13H,10,12H2,1-3H3,(H,23,25). The molecular weight excluding hydrogens is 364 g/mol. The van der Waals surface area contributed by atoms with E-state index in [1.54, 1.807) is 11.8 Å². The van der Waals surface area contributed by atoms with Crippen molar-refractivity contribution in [3.05, 3.63) is 53.9 Å². The van der Waals surface area contributed by atoms with Crippen LogP contribution < -0.4 is 4.74 Å². The molecule has 0 aliphatic carbocycles. The second-order valence-corrected chi connectivity index (χ2v) is 7.64. The molecule has 3 rings (SSSR count). The number of aryl methyl sites for hydroxylation is 1. The lowest BCUT2D eigenvalue weighted by Gasteiger charge is -2.09. The molecule has 0 saturated carbocycles. The summed E-state index contributed by atoms with van der Waals surface area (Å²) in [5.41, 5.74) is 3.18. The molecule has 0 amide bonds. The average Bonchev–Trinajstić information content (AvgIpc) is 2.96. The Morgan fingerprint density at radius 3 is 2.65 bits per heavy atom. The third-order valence-electron chi connectivity index (χ3n) is 4.44. The van der Waals surface area contributed by atoms with Gasteiger partial charge >= 0.3 is 0 Å². The topological polar surface area (TPSA) is 44.1 Å². The van der Waals surface area contributed by atoms with Crippen molar-refractivity contribution in [2.45, 2.75) is 24.8 Å². The molecule has 0 aliphatic heterocycles. The number of nitrogens with zero attached hydrogens (tertiary/aromatic N) is 2.